The first-order valence-corrected chi connectivity index (χ1v) is 10.6. The summed E-state index contributed by atoms with van der Waals surface area (Å²) in [6, 6.07) is 7.30. The fourth-order valence-electron chi connectivity index (χ4n) is 2.31. The zero-order valence-electron chi connectivity index (χ0n) is 18.4. The molecule has 0 spiro atoms. The molecule has 8 nitrogen and oxygen atoms in total. The lowest BCUT2D eigenvalue weighted by atomic mass is 10.2. The molecule has 0 aliphatic rings. The van der Waals surface area contributed by atoms with Gasteiger partial charge in [-0.05, 0) is 30.7 Å². The first-order valence-electron chi connectivity index (χ1n) is 10.6. The highest BCUT2D eigenvalue weighted by Gasteiger charge is 2.06. The van der Waals surface area contributed by atoms with E-state index in [0.717, 1.165) is 25.1 Å². The highest BCUT2D eigenvalue weighted by atomic mass is 16.6. The average molecular weight is 428 g/mol. The fourth-order valence-corrected chi connectivity index (χ4v) is 2.31. The molecule has 1 N–H and O–H groups in total. The van der Waals surface area contributed by atoms with Crippen LogP contribution in [0.3, 0.4) is 0 Å². The number of ether oxygens (including phenoxy) is 6. The molecular weight excluding hydrogens is 390 g/mol. The summed E-state index contributed by atoms with van der Waals surface area (Å²) in [7, 11) is 1.64. The molecule has 0 amide bonds. The molecule has 0 heterocycles. The molecule has 172 valence electrons. The molecule has 0 fully saturated rings. The molecular formula is C22H37NO7. The van der Waals surface area contributed by atoms with Crippen LogP contribution in [0, 0.1) is 0 Å². The standard InChI is InChI=1S/C22H37NO7/c1-3-4-9-23-21-7-5-20(6-8-21)22(24)30-19-18-29-17-16-28-15-14-27-13-12-26-11-10-25-2/h5-8,23H,3-4,9-19H2,1-2H3. The van der Waals surface area contributed by atoms with Gasteiger partial charge < -0.3 is 33.7 Å². The summed E-state index contributed by atoms with van der Waals surface area (Å²) >= 11 is 0. The van der Waals surface area contributed by atoms with Crippen LogP contribution in [-0.4, -0.2) is 85.7 Å². The number of anilines is 1. The number of methoxy groups -OCH3 is 1. The van der Waals surface area contributed by atoms with E-state index >= 15 is 0 Å². The van der Waals surface area contributed by atoms with Gasteiger partial charge in [0.2, 0.25) is 0 Å². The predicted octanol–water partition coefficient (Wildman–Crippen LogP) is 2.77. The Morgan fingerprint density at radius 3 is 1.77 bits per heavy atom. The van der Waals surface area contributed by atoms with Gasteiger partial charge in [-0.1, -0.05) is 13.3 Å². The Morgan fingerprint density at radius 1 is 0.767 bits per heavy atom. The van der Waals surface area contributed by atoms with Crippen LogP contribution < -0.4 is 5.32 Å². The summed E-state index contributed by atoms with van der Waals surface area (Å²) in [5.74, 6) is -0.349. The maximum absolute atomic E-state index is 12.0. The van der Waals surface area contributed by atoms with Crippen LogP contribution in [0.2, 0.25) is 0 Å². The molecule has 0 aromatic heterocycles. The Balaban J connectivity index is 1.91. The van der Waals surface area contributed by atoms with Crippen LogP contribution in [0.15, 0.2) is 24.3 Å². The van der Waals surface area contributed by atoms with Crippen molar-refractivity contribution < 1.29 is 33.2 Å². The van der Waals surface area contributed by atoms with Gasteiger partial charge in [0.1, 0.15) is 6.61 Å². The van der Waals surface area contributed by atoms with E-state index in [-0.39, 0.29) is 12.6 Å². The molecule has 1 aromatic carbocycles. The second-order valence-corrected chi connectivity index (χ2v) is 6.44. The minimum atomic E-state index is -0.349. The first kappa shape index (κ1) is 26.3. The van der Waals surface area contributed by atoms with E-state index in [1.807, 2.05) is 12.1 Å². The van der Waals surface area contributed by atoms with Gasteiger partial charge >= 0.3 is 5.97 Å². The number of nitrogens with one attached hydrogen (secondary N) is 1. The second-order valence-electron chi connectivity index (χ2n) is 6.44. The number of hydrogen-bond acceptors (Lipinski definition) is 8. The summed E-state index contributed by atoms with van der Waals surface area (Å²) in [6.07, 6.45) is 2.26. The Morgan fingerprint density at radius 2 is 1.27 bits per heavy atom. The third-order valence-electron chi connectivity index (χ3n) is 3.99. The Labute approximate surface area is 180 Å². The zero-order valence-corrected chi connectivity index (χ0v) is 18.4. The smallest absolute Gasteiger partial charge is 0.338 e. The number of hydrogen-bond donors (Lipinski definition) is 1. The van der Waals surface area contributed by atoms with Crippen molar-refractivity contribution in [3.05, 3.63) is 29.8 Å². The van der Waals surface area contributed by atoms with Gasteiger partial charge in [-0.15, -0.1) is 0 Å². The summed E-state index contributed by atoms with van der Waals surface area (Å²) < 4.78 is 31.5. The highest BCUT2D eigenvalue weighted by Crippen LogP contribution is 2.10. The summed E-state index contributed by atoms with van der Waals surface area (Å²) in [4.78, 5) is 12.0. The van der Waals surface area contributed by atoms with E-state index in [0.29, 0.717) is 65.0 Å². The van der Waals surface area contributed by atoms with Crippen molar-refractivity contribution >= 4 is 11.7 Å². The van der Waals surface area contributed by atoms with Gasteiger partial charge in [0.05, 0.1) is 65.0 Å². The number of benzene rings is 1. The topological polar surface area (TPSA) is 84.5 Å². The number of rotatable bonds is 20. The normalized spacial score (nSPS) is 10.9. The van der Waals surface area contributed by atoms with Gasteiger partial charge in [0, 0.05) is 19.3 Å². The second kappa shape index (κ2) is 19.3. The number of unbranched alkanes of at least 4 members (excludes halogenated alkanes) is 1. The Hall–Kier alpha value is -1.71. The van der Waals surface area contributed by atoms with E-state index in [4.69, 9.17) is 28.4 Å². The van der Waals surface area contributed by atoms with Gasteiger partial charge in [-0.25, -0.2) is 4.79 Å². The highest BCUT2D eigenvalue weighted by molar-refractivity contribution is 5.89. The summed E-state index contributed by atoms with van der Waals surface area (Å²) in [5.41, 5.74) is 1.53. The quantitative estimate of drug-likeness (QED) is 0.251. The largest absolute Gasteiger partial charge is 0.460 e. The number of carbonyl (C=O) groups excluding carboxylic acids is 1. The summed E-state index contributed by atoms with van der Waals surface area (Å²) in [6.45, 7) is 7.79. The van der Waals surface area contributed by atoms with E-state index in [1.165, 1.54) is 0 Å². The molecule has 0 aliphatic heterocycles. The van der Waals surface area contributed by atoms with Gasteiger partial charge in [-0.2, -0.15) is 0 Å². The van der Waals surface area contributed by atoms with E-state index in [2.05, 4.69) is 12.2 Å². The van der Waals surface area contributed by atoms with Crippen molar-refractivity contribution in [1.82, 2.24) is 0 Å². The van der Waals surface area contributed by atoms with Crippen LogP contribution in [0.25, 0.3) is 0 Å². The molecule has 1 rings (SSSR count). The van der Waals surface area contributed by atoms with Gasteiger partial charge in [-0.3, -0.25) is 0 Å². The Bertz CT molecular complexity index is 525. The zero-order chi connectivity index (χ0) is 21.7. The molecule has 0 saturated heterocycles. The van der Waals surface area contributed by atoms with Crippen LogP contribution in [0.4, 0.5) is 5.69 Å². The van der Waals surface area contributed by atoms with Crippen LogP contribution in [0.5, 0.6) is 0 Å². The van der Waals surface area contributed by atoms with E-state index in [1.54, 1.807) is 19.2 Å². The molecule has 30 heavy (non-hydrogen) atoms. The lowest BCUT2D eigenvalue weighted by Crippen LogP contribution is -2.15. The van der Waals surface area contributed by atoms with Crippen LogP contribution in [-0.2, 0) is 28.4 Å². The van der Waals surface area contributed by atoms with E-state index < -0.39 is 0 Å². The molecule has 0 saturated carbocycles. The number of carbonyl (C=O) groups is 1. The maximum atomic E-state index is 12.0. The van der Waals surface area contributed by atoms with Crippen molar-refractivity contribution in [3.63, 3.8) is 0 Å². The van der Waals surface area contributed by atoms with Crippen LogP contribution in [0.1, 0.15) is 30.1 Å². The molecule has 0 radical (unpaired) electrons. The minimum Gasteiger partial charge on any atom is -0.460 e. The molecule has 0 aliphatic carbocycles. The van der Waals surface area contributed by atoms with Crippen LogP contribution >= 0.6 is 0 Å². The lowest BCUT2D eigenvalue weighted by molar-refractivity contribution is -0.0129. The SMILES string of the molecule is CCCCNc1ccc(C(=O)OCCOCCOCCOCCOCCOC)cc1. The van der Waals surface area contributed by atoms with Crippen molar-refractivity contribution in [2.75, 3.05) is 85.0 Å². The summed E-state index contributed by atoms with van der Waals surface area (Å²) in [5, 5.41) is 3.31. The third-order valence-corrected chi connectivity index (χ3v) is 3.99. The predicted molar refractivity (Wildman–Crippen MR) is 115 cm³/mol. The monoisotopic (exact) mass is 427 g/mol. The lowest BCUT2D eigenvalue weighted by Gasteiger charge is -2.09. The van der Waals surface area contributed by atoms with Crippen molar-refractivity contribution in [2.24, 2.45) is 0 Å². The fraction of sp³-hybridized carbons (Fsp3) is 0.682. The molecule has 0 atom stereocenters. The third kappa shape index (κ3) is 14.3. The van der Waals surface area contributed by atoms with Crippen molar-refractivity contribution in [1.29, 1.82) is 0 Å². The Kier molecular flexibility index (Phi) is 16.9. The van der Waals surface area contributed by atoms with Gasteiger partial charge in [0.15, 0.2) is 0 Å². The first-order chi connectivity index (χ1) is 14.8. The average Bonchev–Trinajstić information content (AvgIpc) is 2.77. The number of esters is 1. The molecule has 0 unspecified atom stereocenters. The molecule has 8 heteroatoms. The minimum absolute atomic E-state index is 0.210. The maximum Gasteiger partial charge on any atom is 0.338 e. The van der Waals surface area contributed by atoms with Crippen molar-refractivity contribution in [3.8, 4) is 0 Å². The van der Waals surface area contributed by atoms with Gasteiger partial charge in [0.25, 0.3) is 0 Å². The molecule has 0 bridgehead atoms. The van der Waals surface area contributed by atoms with Crippen molar-refractivity contribution in [2.45, 2.75) is 19.8 Å². The molecule has 1 aromatic rings. The van der Waals surface area contributed by atoms with E-state index in [9.17, 15) is 4.79 Å².